The number of nitrogens with zero attached hydrogens (tertiary/aromatic N) is 2. The van der Waals surface area contributed by atoms with Crippen LogP contribution in [0.3, 0.4) is 0 Å². The van der Waals surface area contributed by atoms with E-state index in [1.165, 1.54) is 18.6 Å². The number of carbonyl (C=O) groups is 1. The normalized spacial score (nSPS) is 28.5. The maximum atomic E-state index is 14.6. The number of halogens is 1. The number of morpholine rings is 1. The van der Waals surface area contributed by atoms with Crippen LogP contribution in [0, 0.1) is 29.5 Å². The minimum absolute atomic E-state index is 0.0498. The molecule has 1 aromatic heterocycles. The molecule has 0 spiro atoms. The molecule has 1 amide bonds. The number of hydrogen-bond acceptors (Lipinski definition) is 4. The number of hydrogen-bond donors (Lipinski definition) is 1. The predicted molar refractivity (Wildman–Crippen MR) is 131 cm³/mol. The molecule has 34 heavy (non-hydrogen) atoms. The Morgan fingerprint density at radius 1 is 1.24 bits per heavy atom. The molecule has 2 aromatic rings. The van der Waals surface area contributed by atoms with Gasteiger partial charge in [0, 0.05) is 49.4 Å². The third-order valence-electron chi connectivity index (χ3n) is 9.08. The summed E-state index contributed by atoms with van der Waals surface area (Å²) in [6.45, 7) is 13.7. The molecule has 1 aromatic carbocycles. The smallest absolute Gasteiger partial charge is 0.253 e. The molecule has 0 radical (unpaired) electrons. The van der Waals surface area contributed by atoms with Crippen molar-refractivity contribution in [1.29, 1.82) is 0 Å². The molecule has 3 aliphatic rings. The zero-order valence-corrected chi connectivity index (χ0v) is 21.2. The van der Waals surface area contributed by atoms with Crippen LogP contribution < -0.4 is 10.1 Å². The van der Waals surface area contributed by atoms with Gasteiger partial charge in [-0.05, 0) is 49.0 Å². The van der Waals surface area contributed by atoms with Crippen LogP contribution in [0.2, 0.25) is 0 Å². The maximum Gasteiger partial charge on any atom is 0.253 e. The van der Waals surface area contributed by atoms with Crippen molar-refractivity contribution in [1.82, 2.24) is 14.8 Å². The van der Waals surface area contributed by atoms with Gasteiger partial charge in [0.25, 0.3) is 5.91 Å². The summed E-state index contributed by atoms with van der Waals surface area (Å²) >= 11 is 0. The Morgan fingerprint density at radius 2 is 1.97 bits per heavy atom. The Balaban J connectivity index is 1.52. The van der Waals surface area contributed by atoms with E-state index in [1.807, 2.05) is 6.92 Å². The number of ether oxygens (including phenoxy) is 2. The molecule has 1 N–H and O–H groups in total. The van der Waals surface area contributed by atoms with Crippen molar-refractivity contribution < 1.29 is 18.7 Å². The van der Waals surface area contributed by atoms with Gasteiger partial charge in [0.15, 0.2) is 0 Å². The lowest BCUT2D eigenvalue weighted by atomic mass is 9.68. The number of methoxy groups -OCH3 is 1. The molecular weight excluding hydrogens is 433 g/mol. The Hall–Kier alpha value is -2.12. The summed E-state index contributed by atoms with van der Waals surface area (Å²) in [5.41, 5.74) is 2.38. The Morgan fingerprint density at radius 3 is 2.62 bits per heavy atom. The van der Waals surface area contributed by atoms with Gasteiger partial charge in [0.2, 0.25) is 0 Å². The van der Waals surface area contributed by atoms with Crippen LogP contribution in [0.4, 0.5) is 4.39 Å². The molecule has 1 saturated heterocycles. The molecule has 3 atom stereocenters. The fourth-order valence-corrected chi connectivity index (χ4v) is 7.19. The Kier molecular flexibility index (Phi) is 5.92. The Bertz CT molecular complexity index is 1100. The van der Waals surface area contributed by atoms with Gasteiger partial charge in [-0.15, -0.1) is 0 Å². The van der Waals surface area contributed by atoms with Gasteiger partial charge in [0.05, 0.1) is 31.4 Å². The SMILES string of the molecule is COc1cc(F)cc2c(C(=O)N[C@H]3C4(C)CCC(C4)C3(C)C)c(C)n(CCN3CCOCC3)c12. The van der Waals surface area contributed by atoms with E-state index in [9.17, 15) is 9.18 Å². The molecule has 2 heterocycles. The van der Waals surface area contributed by atoms with E-state index in [2.05, 4.69) is 35.6 Å². The van der Waals surface area contributed by atoms with E-state index in [0.717, 1.165) is 56.9 Å². The number of amides is 1. The summed E-state index contributed by atoms with van der Waals surface area (Å²) in [5, 5.41) is 4.05. The van der Waals surface area contributed by atoms with Gasteiger partial charge in [-0.1, -0.05) is 20.8 Å². The molecule has 2 bridgehead atoms. The first-order chi connectivity index (χ1) is 16.2. The summed E-state index contributed by atoms with van der Waals surface area (Å²) < 4.78 is 27.8. The minimum Gasteiger partial charge on any atom is -0.494 e. The number of benzene rings is 1. The quantitative estimate of drug-likeness (QED) is 0.680. The summed E-state index contributed by atoms with van der Waals surface area (Å²) in [4.78, 5) is 16.2. The lowest BCUT2D eigenvalue weighted by Crippen LogP contribution is -2.52. The van der Waals surface area contributed by atoms with E-state index >= 15 is 0 Å². The van der Waals surface area contributed by atoms with Crippen LogP contribution in [0.25, 0.3) is 10.9 Å². The monoisotopic (exact) mass is 471 g/mol. The van der Waals surface area contributed by atoms with E-state index in [0.29, 0.717) is 29.2 Å². The molecule has 1 aliphatic heterocycles. The summed E-state index contributed by atoms with van der Waals surface area (Å²) in [7, 11) is 1.56. The van der Waals surface area contributed by atoms with E-state index in [4.69, 9.17) is 9.47 Å². The average Bonchev–Trinajstić information content (AvgIpc) is 3.39. The number of nitrogens with one attached hydrogen (secondary N) is 1. The van der Waals surface area contributed by atoms with Crippen molar-refractivity contribution in [2.75, 3.05) is 40.0 Å². The van der Waals surface area contributed by atoms with Crippen molar-refractivity contribution in [3.8, 4) is 5.75 Å². The maximum absolute atomic E-state index is 14.6. The zero-order valence-electron chi connectivity index (χ0n) is 21.2. The summed E-state index contributed by atoms with van der Waals surface area (Å²) in [6, 6.07) is 3.00. The van der Waals surface area contributed by atoms with Crippen LogP contribution in [0.1, 0.15) is 56.1 Å². The van der Waals surface area contributed by atoms with E-state index in [1.54, 1.807) is 7.11 Å². The van der Waals surface area contributed by atoms with Crippen molar-refractivity contribution in [2.24, 2.45) is 16.7 Å². The van der Waals surface area contributed by atoms with Crippen LogP contribution in [-0.4, -0.2) is 61.4 Å². The molecule has 6 nitrogen and oxygen atoms in total. The number of carbonyl (C=O) groups excluding carboxylic acids is 1. The van der Waals surface area contributed by atoms with Crippen molar-refractivity contribution >= 4 is 16.8 Å². The number of aromatic nitrogens is 1. The molecular formula is C27H38FN3O3. The molecule has 3 fully saturated rings. The van der Waals surface area contributed by atoms with Gasteiger partial charge in [-0.2, -0.15) is 0 Å². The van der Waals surface area contributed by atoms with Crippen LogP contribution in [0.15, 0.2) is 12.1 Å². The van der Waals surface area contributed by atoms with Gasteiger partial charge in [0.1, 0.15) is 11.6 Å². The summed E-state index contributed by atoms with van der Waals surface area (Å²) in [5.74, 6) is 0.603. The van der Waals surface area contributed by atoms with Gasteiger partial charge < -0.3 is 19.4 Å². The highest BCUT2D eigenvalue weighted by Crippen LogP contribution is 2.62. The van der Waals surface area contributed by atoms with Gasteiger partial charge in [-0.25, -0.2) is 4.39 Å². The molecule has 2 unspecified atom stereocenters. The van der Waals surface area contributed by atoms with Gasteiger partial charge in [-0.3, -0.25) is 9.69 Å². The second-order valence-corrected chi connectivity index (χ2v) is 11.4. The number of rotatable bonds is 6. The second-order valence-electron chi connectivity index (χ2n) is 11.4. The third kappa shape index (κ3) is 3.72. The fraction of sp³-hybridized carbons (Fsp3) is 0.667. The standard InChI is InChI=1S/C27H38FN3O3/c1-17-22(24(32)29-25-26(2,3)18-6-7-27(25,4)16-18)20-14-19(28)15-21(33-5)23(20)31(17)9-8-30-10-12-34-13-11-30/h14-15,18,25H,6-13,16H2,1-5H3,(H,29,32)/t18?,25-,27?/m1/s1. The Labute approximate surface area is 201 Å². The highest BCUT2D eigenvalue weighted by atomic mass is 19.1. The minimum atomic E-state index is -0.393. The topological polar surface area (TPSA) is 55.7 Å². The fourth-order valence-electron chi connectivity index (χ4n) is 7.19. The van der Waals surface area contributed by atoms with Crippen LogP contribution in [-0.2, 0) is 11.3 Å². The first kappa shape index (κ1) is 23.6. The largest absolute Gasteiger partial charge is 0.494 e. The molecule has 2 saturated carbocycles. The second kappa shape index (κ2) is 8.52. The molecule has 2 aliphatic carbocycles. The van der Waals surface area contributed by atoms with Crippen molar-refractivity contribution in [2.45, 2.75) is 59.5 Å². The van der Waals surface area contributed by atoms with E-state index in [-0.39, 0.29) is 22.8 Å². The predicted octanol–water partition coefficient (Wildman–Crippen LogP) is 4.37. The average molecular weight is 472 g/mol. The lowest BCUT2D eigenvalue weighted by Gasteiger charge is -2.43. The van der Waals surface area contributed by atoms with Crippen molar-refractivity contribution in [3.63, 3.8) is 0 Å². The third-order valence-corrected chi connectivity index (χ3v) is 9.08. The van der Waals surface area contributed by atoms with E-state index < -0.39 is 5.82 Å². The lowest BCUT2D eigenvalue weighted by molar-refractivity contribution is 0.0364. The highest BCUT2D eigenvalue weighted by Gasteiger charge is 2.59. The van der Waals surface area contributed by atoms with Gasteiger partial charge >= 0.3 is 0 Å². The first-order valence-corrected chi connectivity index (χ1v) is 12.6. The van der Waals surface area contributed by atoms with Crippen LogP contribution in [0.5, 0.6) is 5.75 Å². The molecule has 186 valence electrons. The number of fused-ring (bicyclic) bond motifs is 3. The van der Waals surface area contributed by atoms with Crippen molar-refractivity contribution in [3.05, 3.63) is 29.2 Å². The molecule has 5 rings (SSSR count). The molecule has 7 heteroatoms. The highest BCUT2D eigenvalue weighted by molar-refractivity contribution is 6.10. The first-order valence-electron chi connectivity index (χ1n) is 12.6. The van der Waals surface area contributed by atoms with Crippen LogP contribution >= 0.6 is 0 Å². The zero-order chi connectivity index (χ0) is 24.3. The summed E-state index contributed by atoms with van der Waals surface area (Å²) in [6.07, 6.45) is 3.54.